The van der Waals surface area contributed by atoms with Crippen molar-refractivity contribution in [3.63, 3.8) is 0 Å². The number of methoxy groups -OCH3 is 3. The molecule has 0 heterocycles. The van der Waals surface area contributed by atoms with Crippen molar-refractivity contribution < 1.29 is 33.6 Å². The summed E-state index contributed by atoms with van der Waals surface area (Å²) in [5.74, 6) is 0.873. The van der Waals surface area contributed by atoms with E-state index in [9.17, 15) is 14.7 Å². The summed E-state index contributed by atoms with van der Waals surface area (Å²) < 4.78 is 21.8. The Hall–Kier alpha value is -3.22. The van der Waals surface area contributed by atoms with E-state index in [1.807, 2.05) is 24.3 Å². The molecular weight excluding hydrogens is 412 g/mol. The number of ketones is 1. The summed E-state index contributed by atoms with van der Waals surface area (Å²) in [5, 5.41) is 9.18. The summed E-state index contributed by atoms with van der Waals surface area (Å²) in [6.07, 6.45) is 2.13. The number of carboxylic acid groups (broad SMARTS) is 1. The van der Waals surface area contributed by atoms with Gasteiger partial charge in [0.05, 0.1) is 21.3 Å². The lowest BCUT2D eigenvalue weighted by atomic mass is 9.94. The number of benzene rings is 2. The molecule has 0 radical (unpaired) electrons. The number of carbonyl (C=O) groups excluding carboxylic acids is 1. The molecule has 7 heteroatoms. The SMILES string of the molecule is COc1ccc(CCC(=O)c2c(OC)cc(OC)c(CCC(C)C)c2OCC(=O)O)cc1. The van der Waals surface area contributed by atoms with Crippen LogP contribution < -0.4 is 18.9 Å². The van der Waals surface area contributed by atoms with Gasteiger partial charge in [-0.3, -0.25) is 4.79 Å². The van der Waals surface area contributed by atoms with Gasteiger partial charge in [-0.2, -0.15) is 0 Å². The van der Waals surface area contributed by atoms with Crippen molar-refractivity contribution in [2.45, 2.75) is 39.5 Å². The van der Waals surface area contributed by atoms with Gasteiger partial charge < -0.3 is 24.1 Å². The van der Waals surface area contributed by atoms with E-state index in [0.29, 0.717) is 35.8 Å². The maximum Gasteiger partial charge on any atom is 0.341 e. The van der Waals surface area contributed by atoms with Crippen molar-refractivity contribution in [3.8, 4) is 23.0 Å². The number of hydrogen-bond acceptors (Lipinski definition) is 6. The van der Waals surface area contributed by atoms with Crippen molar-refractivity contribution >= 4 is 11.8 Å². The first-order chi connectivity index (χ1) is 15.3. The molecule has 2 aromatic rings. The third-order valence-corrected chi connectivity index (χ3v) is 5.14. The van der Waals surface area contributed by atoms with Crippen LogP contribution in [0.4, 0.5) is 0 Å². The average molecular weight is 445 g/mol. The fourth-order valence-electron chi connectivity index (χ4n) is 3.40. The highest BCUT2D eigenvalue weighted by molar-refractivity contribution is 6.02. The molecule has 0 amide bonds. The lowest BCUT2D eigenvalue weighted by Crippen LogP contribution is -2.16. The zero-order valence-electron chi connectivity index (χ0n) is 19.4. The lowest BCUT2D eigenvalue weighted by Gasteiger charge is -2.21. The van der Waals surface area contributed by atoms with Crippen LogP contribution in [0.1, 0.15) is 48.2 Å². The zero-order valence-corrected chi connectivity index (χ0v) is 19.4. The Morgan fingerprint density at radius 3 is 2.12 bits per heavy atom. The van der Waals surface area contributed by atoms with E-state index in [1.165, 1.54) is 14.2 Å². The van der Waals surface area contributed by atoms with E-state index >= 15 is 0 Å². The minimum absolute atomic E-state index is 0.188. The second kappa shape index (κ2) is 12.0. The van der Waals surface area contributed by atoms with Crippen LogP contribution in [-0.4, -0.2) is 44.8 Å². The second-order valence-electron chi connectivity index (χ2n) is 7.85. The monoisotopic (exact) mass is 444 g/mol. The minimum Gasteiger partial charge on any atom is -0.497 e. The fraction of sp³-hybridized carbons (Fsp3) is 0.440. The molecule has 0 atom stereocenters. The number of rotatable bonds is 13. The third-order valence-electron chi connectivity index (χ3n) is 5.14. The van der Waals surface area contributed by atoms with E-state index in [0.717, 1.165) is 17.7 Å². The van der Waals surface area contributed by atoms with Gasteiger partial charge in [-0.25, -0.2) is 4.79 Å². The topological polar surface area (TPSA) is 91.3 Å². The minimum atomic E-state index is -1.13. The van der Waals surface area contributed by atoms with E-state index in [4.69, 9.17) is 18.9 Å². The fourth-order valence-corrected chi connectivity index (χ4v) is 3.40. The first kappa shape index (κ1) is 25.0. The third kappa shape index (κ3) is 6.64. The molecule has 2 rings (SSSR count). The molecule has 0 saturated heterocycles. The normalized spacial score (nSPS) is 10.7. The van der Waals surface area contributed by atoms with Gasteiger partial charge in [0, 0.05) is 18.1 Å². The van der Waals surface area contributed by atoms with Gasteiger partial charge in [0.25, 0.3) is 0 Å². The van der Waals surface area contributed by atoms with Crippen LogP contribution in [0, 0.1) is 5.92 Å². The predicted molar refractivity (Wildman–Crippen MR) is 121 cm³/mol. The number of aryl methyl sites for hydroxylation is 1. The summed E-state index contributed by atoms with van der Waals surface area (Å²) in [7, 11) is 4.59. The predicted octanol–water partition coefficient (Wildman–Crippen LogP) is 4.58. The van der Waals surface area contributed by atoms with Gasteiger partial charge in [-0.05, 0) is 42.9 Å². The van der Waals surface area contributed by atoms with E-state index < -0.39 is 12.6 Å². The van der Waals surface area contributed by atoms with Gasteiger partial charge in [0.15, 0.2) is 12.4 Å². The maximum atomic E-state index is 13.3. The molecule has 1 N–H and O–H groups in total. The molecule has 0 spiro atoms. The Balaban J connectivity index is 2.44. The summed E-state index contributed by atoms with van der Waals surface area (Å²) in [6.45, 7) is 3.62. The van der Waals surface area contributed by atoms with E-state index in [1.54, 1.807) is 13.2 Å². The molecule has 0 saturated carbocycles. The summed E-state index contributed by atoms with van der Waals surface area (Å²) in [5.41, 5.74) is 1.91. The largest absolute Gasteiger partial charge is 0.497 e. The molecule has 32 heavy (non-hydrogen) atoms. The number of Topliss-reactive ketones (excluding diaryl/α,β-unsaturated/α-hetero) is 1. The van der Waals surface area contributed by atoms with Gasteiger partial charge in [0.1, 0.15) is 28.6 Å². The molecule has 0 aliphatic carbocycles. The van der Waals surface area contributed by atoms with Crippen LogP contribution >= 0.6 is 0 Å². The highest BCUT2D eigenvalue weighted by Crippen LogP contribution is 2.41. The number of aliphatic carboxylic acids is 1. The molecular formula is C25H32O7. The van der Waals surface area contributed by atoms with E-state index in [2.05, 4.69) is 13.8 Å². The van der Waals surface area contributed by atoms with Crippen molar-refractivity contribution in [1.82, 2.24) is 0 Å². The molecule has 2 aromatic carbocycles. The quantitative estimate of drug-likeness (QED) is 0.452. The van der Waals surface area contributed by atoms with Crippen LogP contribution in [0.25, 0.3) is 0 Å². The highest BCUT2D eigenvalue weighted by atomic mass is 16.5. The van der Waals surface area contributed by atoms with Crippen molar-refractivity contribution in [3.05, 3.63) is 47.0 Å². The molecule has 0 fully saturated rings. The molecule has 0 aromatic heterocycles. The smallest absolute Gasteiger partial charge is 0.341 e. The molecule has 0 unspecified atom stereocenters. The maximum absolute atomic E-state index is 13.3. The van der Waals surface area contributed by atoms with Crippen LogP contribution in [0.2, 0.25) is 0 Å². The van der Waals surface area contributed by atoms with Crippen LogP contribution in [-0.2, 0) is 17.6 Å². The van der Waals surface area contributed by atoms with E-state index in [-0.39, 0.29) is 23.5 Å². The first-order valence-electron chi connectivity index (χ1n) is 10.6. The Morgan fingerprint density at radius 2 is 1.59 bits per heavy atom. The zero-order chi connectivity index (χ0) is 23.7. The summed E-state index contributed by atoms with van der Waals surface area (Å²) in [4.78, 5) is 24.5. The number of carbonyl (C=O) groups is 2. The van der Waals surface area contributed by atoms with Crippen LogP contribution in [0.5, 0.6) is 23.0 Å². The standard InChI is InChI=1S/C25H32O7/c1-16(2)6-12-19-21(30-4)14-22(31-5)24(25(19)32-15-23(27)28)20(26)13-9-17-7-10-18(29-3)11-8-17/h7-8,10-11,14,16H,6,9,12-13,15H2,1-5H3,(H,27,28). The summed E-state index contributed by atoms with van der Waals surface area (Å²) >= 11 is 0. The molecule has 0 aliphatic rings. The van der Waals surface area contributed by atoms with Crippen molar-refractivity contribution in [2.24, 2.45) is 5.92 Å². The molecule has 174 valence electrons. The first-order valence-corrected chi connectivity index (χ1v) is 10.6. The van der Waals surface area contributed by atoms with Gasteiger partial charge in [-0.1, -0.05) is 26.0 Å². The van der Waals surface area contributed by atoms with Gasteiger partial charge in [0.2, 0.25) is 0 Å². The van der Waals surface area contributed by atoms with Crippen molar-refractivity contribution in [2.75, 3.05) is 27.9 Å². The average Bonchev–Trinajstić information content (AvgIpc) is 2.79. The Bertz CT molecular complexity index is 917. The molecule has 7 nitrogen and oxygen atoms in total. The number of hydrogen-bond donors (Lipinski definition) is 1. The number of carboxylic acids is 1. The summed E-state index contributed by atoms with van der Waals surface area (Å²) in [6, 6.07) is 9.18. The highest BCUT2D eigenvalue weighted by Gasteiger charge is 2.26. The molecule has 0 bridgehead atoms. The Morgan fingerprint density at radius 1 is 0.938 bits per heavy atom. The number of ether oxygens (including phenoxy) is 4. The van der Waals surface area contributed by atoms with Crippen LogP contribution in [0.3, 0.4) is 0 Å². The van der Waals surface area contributed by atoms with Crippen molar-refractivity contribution in [1.29, 1.82) is 0 Å². The Labute approximate surface area is 189 Å². The van der Waals surface area contributed by atoms with Crippen LogP contribution in [0.15, 0.2) is 30.3 Å². The molecule has 0 aliphatic heterocycles. The lowest BCUT2D eigenvalue weighted by molar-refractivity contribution is -0.139. The second-order valence-corrected chi connectivity index (χ2v) is 7.85. The van der Waals surface area contributed by atoms with Gasteiger partial charge in [-0.15, -0.1) is 0 Å². The Kier molecular flexibility index (Phi) is 9.38. The van der Waals surface area contributed by atoms with Gasteiger partial charge >= 0.3 is 5.97 Å².